The van der Waals surface area contributed by atoms with E-state index in [1.807, 2.05) is 0 Å². The molecule has 2 heterocycles. The number of fused-ring (bicyclic) bond motifs is 1. The Morgan fingerprint density at radius 2 is 2.26 bits per heavy atom. The summed E-state index contributed by atoms with van der Waals surface area (Å²) in [5, 5.41) is 5.08. The van der Waals surface area contributed by atoms with E-state index in [4.69, 9.17) is 11.6 Å². The van der Waals surface area contributed by atoms with Crippen LogP contribution in [0.1, 0.15) is 38.4 Å². The zero-order valence-corrected chi connectivity index (χ0v) is 12.5. The van der Waals surface area contributed by atoms with Crippen LogP contribution in [0, 0.1) is 0 Å². The van der Waals surface area contributed by atoms with Gasteiger partial charge in [0.05, 0.1) is 6.20 Å². The van der Waals surface area contributed by atoms with Gasteiger partial charge in [0.2, 0.25) is 0 Å². The van der Waals surface area contributed by atoms with Crippen molar-refractivity contribution in [1.29, 1.82) is 0 Å². The van der Waals surface area contributed by atoms with Crippen molar-refractivity contribution in [3.05, 3.63) is 17.2 Å². The fourth-order valence-corrected chi connectivity index (χ4v) is 3.26. The van der Waals surface area contributed by atoms with Gasteiger partial charge in [0, 0.05) is 16.6 Å². The number of rotatable bonds is 3. The van der Waals surface area contributed by atoms with Gasteiger partial charge in [-0.2, -0.15) is 4.98 Å². The van der Waals surface area contributed by atoms with Gasteiger partial charge in [-0.05, 0) is 19.3 Å². The van der Waals surface area contributed by atoms with E-state index in [-0.39, 0.29) is 5.41 Å². The molecule has 0 aromatic carbocycles. The Bertz CT molecular complexity index is 618. The molecule has 1 aliphatic rings. The zero-order valence-electron chi connectivity index (χ0n) is 10.9. The van der Waals surface area contributed by atoms with E-state index in [1.165, 1.54) is 6.42 Å². The Balaban J connectivity index is 2.21. The first-order valence-corrected chi connectivity index (χ1v) is 8.26. The summed E-state index contributed by atoms with van der Waals surface area (Å²) < 4.78 is 13.3. The molecule has 0 N–H and O–H groups in total. The molecule has 0 spiro atoms. The van der Waals surface area contributed by atoms with Gasteiger partial charge in [-0.1, -0.05) is 30.0 Å². The Morgan fingerprint density at radius 3 is 2.79 bits per heavy atom. The Labute approximate surface area is 119 Å². The van der Waals surface area contributed by atoms with Gasteiger partial charge in [-0.15, -0.1) is 0 Å². The molecule has 0 aliphatic heterocycles. The van der Waals surface area contributed by atoms with E-state index < -0.39 is 11.2 Å². The van der Waals surface area contributed by atoms with Crippen LogP contribution in [0.15, 0.2) is 11.4 Å². The van der Waals surface area contributed by atoms with Crippen LogP contribution >= 0.6 is 11.6 Å². The van der Waals surface area contributed by atoms with E-state index in [2.05, 4.69) is 22.0 Å². The van der Waals surface area contributed by atoms with Crippen molar-refractivity contribution in [2.24, 2.45) is 0 Å². The topological polar surface area (TPSA) is 66.1 Å². The van der Waals surface area contributed by atoms with Gasteiger partial charge in [0.15, 0.2) is 5.15 Å². The highest BCUT2D eigenvalue weighted by atomic mass is 35.5. The third-order valence-electron chi connectivity index (χ3n) is 4.05. The van der Waals surface area contributed by atoms with Crippen LogP contribution in [0.5, 0.6) is 0 Å². The maximum Gasteiger partial charge on any atom is 0.359 e. The lowest BCUT2D eigenvalue weighted by Gasteiger charge is -2.39. The monoisotopic (exact) mass is 298 g/mol. The summed E-state index contributed by atoms with van der Waals surface area (Å²) in [6.07, 6.45) is 7.60. The average molecular weight is 299 g/mol. The van der Waals surface area contributed by atoms with Gasteiger partial charge < -0.3 is 4.55 Å². The predicted molar refractivity (Wildman–Crippen MR) is 73.9 cm³/mol. The molecule has 0 saturated heterocycles. The van der Waals surface area contributed by atoms with E-state index >= 15 is 0 Å². The molecule has 19 heavy (non-hydrogen) atoms. The first kappa shape index (κ1) is 13.1. The molecule has 1 unspecified atom stereocenters. The smallest absolute Gasteiger partial charge is 0.359 e. The van der Waals surface area contributed by atoms with Crippen LogP contribution in [-0.2, 0) is 16.6 Å². The van der Waals surface area contributed by atoms with E-state index in [0.717, 1.165) is 25.1 Å². The van der Waals surface area contributed by atoms with Crippen molar-refractivity contribution in [3.8, 4) is 0 Å². The molecule has 1 atom stereocenters. The lowest BCUT2D eigenvalue weighted by molar-refractivity contribution is 0.216. The molecule has 2 aromatic heterocycles. The van der Waals surface area contributed by atoms with Gasteiger partial charge in [0.1, 0.15) is 17.6 Å². The van der Waals surface area contributed by atoms with Gasteiger partial charge in [0.25, 0.3) is 0 Å². The number of hydrogen-bond acceptors (Lipinski definition) is 4. The maximum absolute atomic E-state index is 11.5. The number of halogens is 1. The second-order valence-corrected chi connectivity index (χ2v) is 6.64. The molecular formula is C12H15ClN4OS. The highest BCUT2D eigenvalue weighted by Gasteiger charge is 2.41. The second kappa shape index (κ2) is 4.61. The molecule has 3 rings (SSSR count). The molecule has 102 valence electrons. The Kier molecular flexibility index (Phi) is 3.19. The highest BCUT2D eigenvalue weighted by molar-refractivity contribution is 7.90. The molecule has 0 amide bonds. The van der Waals surface area contributed by atoms with Crippen molar-refractivity contribution in [2.45, 2.75) is 43.2 Å². The standard InChI is InChI=1S/C12H15ClN4OS/c1-3-12(5-4-6-12)10-15-9(13)8-7-14-11(19(2)18)16-17(8)10/h7H,3-6H2,1-2H3. The summed E-state index contributed by atoms with van der Waals surface area (Å²) in [5.41, 5.74) is 0.752. The summed E-state index contributed by atoms with van der Waals surface area (Å²) >= 11 is 4.96. The second-order valence-electron chi connectivity index (χ2n) is 5.01. The molecule has 5 nitrogen and oxygen atoms in total. The highest BCUT2D eigenvalue weighted by Crippen LogP contribution is 2.46. The molecule has 1 fully saturated rings. The summed E-state index contributed by atoms with van der Waals surface area (Å²) in [4.78, 5) is 8.56. The molecule has 1 aliphatic carbocycles. The van der Waals surface area contributed by atoms with Crippen LogP contribution in [0.2, 0.25) is 5.15 Å². The minimum absolute atomic E-state index is 0.0664. The molecule has 0 radical (unpaired) electrons. The molecule has 1 saturated carbocycles. The number of imidazole rings is 1. The van der Waals surface area contributed by atoms with Crippen LogP contribution in [0.3, 0.4) is 0 Å². The van der Waals surface area contributed by atoms with E-state index in [1.54, 1.807) is 17.0 Å². The summed E-state index contributed by atoms with van der Waals surface area (Å²) in [7, 11) is 0. The van der Waals surface area contributed by atoms with Crippen molar-refractivity contribution >= 4 is 28.3 Å². The van der Waals surface area contributed by atoms with Crippen LogP contribution < -0.4 is 0 Å². The third-order valence-corrected chi connectivity index (χ3v) is 5.03. The normalized spacial score (nSPS) is 19.4. The number of hydrogen-bond donors (Lipinski definition) is 0. The largest absolute Gasteiger partial charge is 0.609 e. The fourth-order valence-electron chi connectivity index (χ4n) is 2.65. The van der Waals surface area contributed by atoms with Gasteiger partial charge in [-0.3, -0.25) is 0 Å². The molecule has 0 bridgehead atoms. The average Bonchev–Trinajstić information content (AvgIpc) is 2.66. The molecule has 7 heteroatoms. The van der Waals surface area contributed by atoms with Crippen molar-refractivity contribution in [3.63, 3.8) is 0 Å². The van der Waals surface area contributed by atoms with Crippen LogP contribution in [-0.4, -0.2) is 30.4 Å². The number of aromatic nitrogens is 4. The number of nitrogens with zero attached hydrogens (tertiary/aromatic N) is 4. The van der Waals surface area contributed by atoms with Crippen molar-refractivity contribution in [2.75, 3.05) is 6.26 Å². The lowest BCUT2D eigenvalue weighted by Crippen LogP contribution is -2.36. The maximum atomic E-state index is 11.5. The fraction of sp³-hybridized carbons (Fsp3) is 0.583. The summed E-state index contributed by atoms with van der Waals surface area (Å²) in [5.74, 6) is 0.885. The molecule has 2 aromatic rings. The van der Waals surface area contributed by atoms with Gasteiger partial charge >= 0.3 is 5.16 Å². The third kappa shape index (κ3) is 1.93. The van der Waals surface area contributed by atoms with Crippen molar-refractivity contribution in [1.82, 2.24) is 19.6 Å². The van der Waals surface area contributed by atoms with Crippen LogP contribution in [0.25, 0.3) is 5.52 Å². The minimum atomic E-state index is -1.21. The van der Waals surface area contributed by atoms with Crippen LogP contribution in [0.4, 0.5) is 0 Å². The SMILES string of the molecule is CCC1(c2nc(Cl)c3cnc([S+](C)[O-])nn23)CCC1. The summed E-state index contributed by atoms with van der Waals surface area (Å²) in [6, 6.07) is 0. The quantitative estimate of drug-likeness (QED) is 0.816. The lowest BCUT2D eigenvalue weighted by atomic mass is 9.66. The Morgan fingerprint density at radius 1 is 1.53 bits per heavy atom. The zero-order chi connectivity index (χ0) is 13.6. The van der Waals surface area contributed by atoms with E-state index in [9.17, 15) is 4.55 Å². The predicted octanol–water partition coefficient (Wildman–Crippen LogP) is 2.35. The minimum Gasteiger partial charge on any atom is -0.609 e. The van der Waals surface area contributed by atoms with E-state index in [0.29, 0.717) is 15.8 Å². The Hall–Kier alpha value is -0.850. The van der Waals surface area contributed by atoms with Gasteiger partial charge in [-0.25, -0.2) is 9.50 Å². The molecular weight excluding hydrogens is 284 g/mol. The summed E-state index contributed by atoms with van der Waals surface area (Å²) in [6.45, 7) is 2.16. The first-order valence-electron chi connectivity index (χ1n) is 6.32. The first-order chi connectivity index (χ1) is 9.07. The van der Waals surface area contributed by atoms with Crippen molar-refractivity contribution < 1.29 is 4.55 Å².